The van der Waals surface area contributed by atoms with Crippen LogP contribution in [0.5, 0.6) is 0 Å². The summed E-state index contributed by atoms with van der Waals surface area (Å²) >= 11 is 0. The second-order valence-electron chi connectivity index (χ2n) is 4.48. The van der Waals surface area contributed by atoms with E-state index in [0.717, 1.165) is 12.8 Å². The third kappa shape index (κ3) is 2.42. The Morgan fingerprint density at radius 2 is 2.29 bits per heavy atom. The van der Waals surface area contributed by atoms with Gasteiger partial charge in [-0.25, -0.2) is 19.3 Å². The van der Waals surface area contributed by atoms with Crippen LogP contribution in [0.3, 0.4) is 0 Å². The lowest BCUT2D eigenvalue weighted by molar-refractivity contribution is 0.0688. The molecule has 3 N–H and O–H groups in total. The number of anilines is 2. The smallest absolute Gasteiger partial charge is 0.356 e. The van der Waals surface area contributed by atoms with Gasteiger partial charge in [0.1, 0.15) is 5.82 Å². The van der Waals surface area contributed by atoms with Crippen LogP contribution in [-0.4, -0.2) is 38.9 Å². The fourth-order valence-corrected chi connectivity index (χ4v) is 2.08. The van der Waals surface area contributed by atoms with Crippen molar-refractivity contribution >= 4 is 29.3 Å². The molecule has 3 rings (SSSR count). The summed E-state index contributed by atoms with van der Waals surface area (Å²) in [6, 6.07) is 1.76. The Hall–Kier alpha value is -2.90. The van der Waals surface area contributed by atoms with Crippen molar-refractivity contribution < 1.29 is 9.90 Å². The van der Waals surface area contributed by atoms with Crippen molar-refractivity contribution in [2.75, 3.05) is 17.7 Å². The maximum absolute atomic E-state index is 11.2. The molecule has 0 aliphatic carbocycles. The lowest BCUT2D eigenvalue weighted by Crippen LogP contribution is -2.10. The average molecular weight is 286 g/mol. The monoisotopic (exact) mass is 286 g/mol. The summed E-state index contributed by atoms with van der Waals surface area (Å²) in [5.74, 6) is 0.119. The Morgan fingerprint density at radius 3 is 2.95 bits per heavy atom. The number of aromatic carboxylic acids is 1. The molecule has 1 aliphatic heterocycles. The number of imidazole rings is 1. The first kappa shape index (κ1) is 13.1. The fraction of sp³-hybridized carbons (Fsp3) is 0.231. The number of nitrogens with one attached hydrogen (secondary N) is 2. The maximum Gasteiger partial charge on any atom is 0.356 e. The van der Waals surface area contributed by atoms with E-state index in [-0.39, 0.29) is 5.69 Å². The Labute approximate surface area is 120 Å². The number of rotatable bonds is 4. The van der Waals surface area contributed by atoms with Crippen molar-refractivity contribution in [3.63, 3.8) is 0 Å². The predicted molar refractivity (Wildman–Crippen MR) is 78.9 cm³/mol. The number of carboxylic acid groups (broad SMARTS) is 1. The van der Waals surface area contributed by atoms with E-state index < -0.39 is 5.97 Å². The number of hydrogen-bond donors (Lipinski definition) is 3. The molecule has 0 aromatic carbocycles. The number of aromatic nitrogens is 3. The number of hydrogen-bond acceptors (Lipinski definition) is 6. The molecule has 0 bridgehead atoms. The van der Waals surface area contributed by atoms with Crippen LogP contribution in [0.4, 0.5) is 11.5 Å². The lowest BCUT2D eigenvalue weighted by atomic mass is 10.3. The minimum atomic E-state index is -1.08. The zero-order valence-electron chi connectivity index (χ0n) is 11.4. The largest absolute Gasteiger partial charge is 0.476 e. The van der Waals surface area contributed by atoms with Crippen LogP contribution in [0.2, 0.25) is 0 Å². The molecule has 2 aromatic rings. The van der Waals surface area contributed by atoms with Gasteiger partial charge in [-0.3, -0.25) is 0 Å². The Morgan fingerprint density at radius 1 is 1.43 bits per heavy atom. The highest BCUT2D eigenvalue weighted by atomic mass is 16.4. The first-order valence-electron chi connectivity index (χ1n) is 6.48. The van der Waals surface area contributed by atoms with Gasteiger partial charge in [0.15, 0.2) is 17.2 Å². The molecule has 3 heterocycles. The summed E-state index contributed by atoms with van der Waals surface area (Å²) in [4.78, 5) is 19.5. The van der Waals surface area contributed by atoms with Gasteiger partial charge in [-0.2, -0.15) is 0 Å². The van der Waals surface area contributed by atoms with Gasteiger partial charge in [-0.1, -0.05) is 0 Å². The predicted octanol–water partition coefficient (Wildman–Crippen LogP) is 1.59. The molecule has 108 valence electrons. The summed E-state index contributed by atoms with van der Waals surface area (Å²) in [6.07, 6.45) is 6.92. The number of aliphatic imine (C=N–C) groups is 1. The molecular weight excluding hydrogens is 272 g/mol. The van der Waals surface area contributed by atoms with Gasteiger partial charge >= 0.3 is 5.97 Å². The zero-order valence-corrected chi connectivity index (χ0v) is 11.4. The topological polar surface area (TPSA) is 104 Å². The van der Waals surface area contributed by atoms with Crippen molar-refractivity contribution in [3.8, 4) is 0 Å². The molecule has 0 spiro atoms. The molecule has 2 aromatic heterocycles. The summed E-state index contributed by atoms with van der Waals surface area (Å²) in [5, 5.41) is 19.5. The minimum Gasteiger partial charge on any atom is -0.476 e. The van der Waals surface area contributed by atoms with Crippen LogP contribution < -0.4 is 10.6 Å². The van der Waals surface area contributed by atoms with E-state index in [4.69, 9.17) is 0 Å². The highest BCUT2D eigenvalue weighted by Crippen LogP contribution is 2.21. The summed E-state index contributed by atoms with van der Waals surface area (Å²) in [5.41, 5.74) is 1.15. The Balaban J connectivity index is 2.06. The molecule has 0 atom stereocenters. The van der Waals surface area contributed by atoms with Crippen molar-refractivity contribution in [2.45, 2.75) is 12.8 Å². The minimum absolute atomic E-state index is 0.00581. The van der Waals surface area contributed by atoms with E-state index in [2.05, 4.69) is 25.7 Å². The van der Waals surface area contributed by atoms with Crippen LogP contribution in [-0.2, 0) is 0 Å². The van der Waals surface area contributed by atoms with E-state index in [1.54, 1.807) is 13.1 Å². The molecule has 0 radical (unpaired) electrons. The van der Waals surface area contributed by atoms with Gasteiger partial charge in [0.25, 0.3) is 0 Å². The average Bonchev–Trinajstić information content (AvgIpc) is 2.91. The summed E-state index contributed by atoms with van der Waals surface area (Å²) in [6.45, 7) is 0. The Bertz CT molecular complexity index is 761. The second kappa shape index (κ2) is 5.23. The molecule has 0 saturated heterocycles. The second-order valence-corrected chi connectivity index (χ2v) is 4.48. The molecule has 21 heavy (non-hydrogen) atoms. The van der Waals surface area contributed by atoms with Gasteiger partial charge in [0, 0.05) is 19.3 Å². The van der Waals surface area contributed by atoms with Crippen molar-refractivity contribution in [3.05, 3.63) is 29.9 Å². The fourth-order valence-electron chi connectivity index (χ4n) is 2.08. The van der Waals surface area contributed by atoms with Gasteiger partial charge in [0.2, 0.25) is 0 Å². The van der Waals surface area contributed by atoms with Gasteiger partial charge in [-0.05, 0) is 18.9 Å². The zero-order chi connectivity index (χ0) is 14.8. The molecule has 1 aliphatic rings. The number of nitrogens with zero attached hydrogens (tertiary/aromatic N) is 4. The third-order valence-electron chi connectivity index (χ3n) is 3.08. The van der Waals surface area contributed by atoms with Gasteiger partial charge in [-0.15, -0.1) is 5.10 Å². The highest BCUT2D eigenvalue weighted by molar-refractivity contribution is 5.87. The Kier molecular flexibility index (Phi) is 3.27. The van der Waals surface area contributed by atoms with E-state index in [1.165, 1.54) is 10.7 Å². The van der Waals surface area contributed by atoms with Crippen LogP contribution in [0.15, 0.2) is 29.2 Å². The normalized spacial score (nSPS) is 14.0. The number of carbonyl (C=O) groups is 1. The van der Waals surface area contributed by atoms with Crippen molar-refractivity contribution in [1.82, 2.24) is 14.6 Å². The molecule has 8 heteroatoms. The molecule has 0 amide bonds. The SMILES string of the molecule is CNc1cc(NC2=CCCC=N2)nn2c(C(=O)O)cnc12. The lowest BCUT2D eigenvalue weighted by Gasteiger charge is -2.11. The van der Waals surface area contributed by atoms with Crippen LogP contribution in [0.1, 0.15) is 23.3 Å². The molecule has 0 saturated carbocycles. The number of fused-ring (bicyclic) bond motifs is 1. The van der Waals surface area contributed by atoms with E-state index in [1.807, 2.05) is 12.3 Å². The number of allylic oxidation sites excluding steroid dienone is 1. The van der Waals surface area contributed by atoms with Crippen molar-refractivity contribution in [2.24, 2.45) is 4.99 Å². The van der Waals surface area contributed by atoms with E-state index in [0.29, 0.717) is 23.0 Å². The van der Waals surface area contributed by atoms with E-state index >= 15 is 0 Å². The first-order chi connectivity index (χ1) is 10.2. The van der Waals surface area contributed by atoms with Gasteiger partial charge < -0.3 is 15.7 Å². The number of carboxylic acids is 1. The highest BCUT2D eigenvalue weighted by Gasteiger charge is 2.15. The first-order valence-corrected chi connectivity index (χ1v) is 6.48. The van der Waals surface area contributed by atoms with Crippen LogP contribution >= 0.6 is 0 Å². The molecule has 0 fully saturated rings. The molecule has 8 nitrogen and oxygen atoms in total. The molecular formula is C13H14N6O2. The van der Waals surface area contributed by atoms with Crippen LogP contribution in [0.25, 0.3) is 5.65 Å². The third-order valence-corrected chi connectivity index (χ3v) is 3.08. The van der Waals surface area contributed by atoms with E-state index in [9.17, 15) is 9.90 Å². The molecule has 0 unspecified atom stereocenters. The van der Waals surface area contributed by atoms with Crippen LogP contribution in [0, 0.1) is 0 Å². The summed E-state index contributed by atoms with van der Waals surface area (Å²) in [7, 11) is 1.74. The maximum atomic E-state index is 11.2. The van der Waals surface area contributed by atoms with Crippen molar-refractivity contribution in [1.29, 1.82) is 0 Å². The standard InChI is InChI=1S/C13H14N6O2/c1-14-8-6-11(17-10-4-2-3-5-15-10)18-19-9(13(20)21)7-16-12(8)19/h4-7,14H,2-3H2,1H3,(H,17,18)(H,20,21). The quantitative estimate of drug-likeness (QED) is 0.788. The van der Waals surface area contributed by atoms with Gasteiger partial charge in [0.05, 0.1) is 11.9 Å². The summed E-state index contributed by atoms with van der Waals surface area (Å²) < 4.78 is 1.30.